The molecular formula is C14H19NO3. The Bertz CT molecular complexity index is 456. The van der Waals surface area contributed by atoms with Crippen LogP contribution >= 0.6 is 0 Å². The van der Waals surface area contributed by atoms with Crippen LogP contribution in [0.15, 0.2) is 18.2 Å². The Morgan fingerprint density at radius 1 is 1.44 bits per heavy atom. The lowest BCUT2D eigenvalue weighted by molar-refractivity contribution is -0.126. The van der Waals surface area contributed by atoms with Crippen LogP contribution in [0.4, 0.5) is 5.69 Å². The first-order chi connectivity index (χ1) is 8.58. The van der Waals surface area contributed by atoms with Crippen molar-refractivity contribution in [2.75, 3.05) is 4.90 Å². The largest absolute Gasteiger partial charge is 0.478 e. The normalized spacial score (nSPS) is 18.8. The van der Waals surface area contributed by atoms with Crippen LogP contribution in [0.1, 0.15) is 32.8 Å². The Morgan fingerprint density at radius 3 is 2.72 bits per heavy atom. The van der Waals surface area contributed by atoms with Crippen LogP contribution in [-0.2, 0) is 11.4 Å². The molecule has 0 aromatic heterocycles. The molecule has 2 rings (SSSR count). The van der Waals surface area contributed by atoms with E-state index in [2.05, 4.69) is 0 Å². The Kier molecular flexibility index (Phi) is 3.57. The quantitative estimate of drug-likeness (QED) is 0.892. The lowest BCUT2D eigenvalue weighted by Crippen LogP contribution is -2.48. The highest BCUT2D eigenvalue weighted by Crippen LogP contribution is 2.36. The van der Waals surface area contributed by atoms with E-state index in [1.54, 1.807) is 11.0 Å². The summed E-state index contributed by atoms with van der Waals surface area (Å²) < 4.78 is 5.71. The van der Waals surface area contributed by atoms with Gasteiger partial charge in [-0.3, -0.25) is 4.79 Å². The molecule has 4 heteroatoms. The number of hydrogen-bond acceptors (Lipinski definition) is 3. The molecule has 1 amide bonds. The number of carbonyl (C=O) groups excluding carboxylic acids is 1. The number of rotatable bonds is 3. The van der Waals surface area contributed by atoms with Gasteiger partial charge in [0.1, 0.15) is 5.75 Å². The van der Waals surface area contributed by atoms with Crippen molar-refractivity contribution >= 4 is 11.6 Å². The summed E-state index contributed by atoms with van der Waals surface area (Å²) in [6.07, 6.45) is 0.221. The van der Waals surface area contributed by atoms with Gasteiger partial charge in [-0.25, -0.2) is 0 Å². The molecule has 1 atom stereocenters. The topological polar surface area (TPSA) is 49.8 Å². The summed E-state index contributed by atoms with van der Waals surface area (Å²) in [7, 11) is 0. The molecule has 18 heavy (non-hydrogen) atoms. The van der Waals surface area contributed by atoms with Gasteiger partial charge in [0, 0.05) is 6.04 Å². The van der Waals surface area contributed by atoms with Gasteiger partial charge in [0.2, 0.25) is 0 Å². The average Bonchev–Trinajstić information content (AvgIpc) is 2.36. The van der Waals surface area contributed by atoms with E-state index in [1.165, 1.54) is 0 Å². The minimum atomic E-state index is -0.422. The van der Waals surface area contributed by atoms with E-state index in [-0.39, 0.29) is 18.6 Å². The molecule has 1 N–H and O–H groups in total. The first-order valence-corrected chi connectivity index (χ1v) is 6.32. The zero-order valence-electron chi connectivity index (χ0n) is 11.0. The van der Waals surface area contributed by atoms with Crippen molar-refractivity contribution < 1.29 is 14.6 Å². The standard InChI is InChI=1S/C14H19NO3/c1-4-12-14(17)15(9(2)3)11-6-5-10(8-16)7-13(11)18-12/h5-7,9,12,16H,4,8H2,1-3H3. The van der Waals surface area contributed by atoms with Gasteiger partial charge >= 0.3 is 0 Å². The van der Waals surface area contributed by atoms with Crippen molar-refractivity contribution in [2.24, 2.45) is 0 Å². The van der Waals surface area contributed by atoms with Crippen molar-refractivity contribution in [3.05, 3.63) is 23.8 Å². The molecule has 1 heterocycles. The number of benzene rings is 1. The highest BCUT2D eigenvalue weighted by molar-refractivity contribution is 6.00. The maximum absolute atomic E-state index is 12.3. The Balaban J connectivity index is 2.48. The van der Waals surface area contributed by atoms with E-state index in [4.69, 9.17) is 9.84 Å². The van der Waals surface area contributed by atoms with Gasteiger partial charge in [-0.1, -0.05) is 13.0 Å². The van der Waals surface area contributed by atoms with Gasteiger partial charge < -0.3 is 14.7 Å². The SMILES string of the molecule is CCC1Oc2cc(CO)ccc2N(C(C)C)C1=O. The molecule has 1 aliphatic rings. The van der Waals surface area contributed by atoms with Crippen LogP contribution < -0.4 is 9.64 Å². The third-order valence-corrected chi connectivity index (χ3v) is 3.14. The second-order valence-electron chi connectivity index (χ2n) is 4.78. The fraction of sp³-hybridized carbons (Fsp3) is 0.500. The maximum atomic E-state index is 12.3. The van der Waals surface area contributed by atoms with Crippen LogP contribution in [0.2, 0.25) is 0 Å². The molecule has 0 spiro atoms. The summed E-state index contributed by atoms with van der Waals surface area (Å²) in [5, 5.41) is 9.15. The summed E-state index contributed by atoms with van der Waals surface area (Å²) in [4.78, 5) is 14.0. The van der Waals surface area contributed by atoms with Crippen LogP contribution in [0.3, 0.4) is 0 Å². The first-order valence-electron chi connectivity index (χ1n) is 6.32. The number of nitrogens with zero attached hydrogens (tertiary/aromatic N) is 1. The predicted octanol–water partition coefficient (Wildman–Crippen LogP) is 2.09. The number of aliphatic hydroxyl groups is 1. The third kappa shape index (κ3) is 2.08. The van der Waals surface area contributed by atoms with Gasteiger partial charge in [0.15, 0.2) is 6.10 Å². The third-order valence-electron chi connectivity index (χ3n) is 3.14. The Hall–Kier alpha value is -1.55. The molecule has 0 radical (unpaired) electrons. The fourth-order valence-electron chi connectivity index (χ4n) is 2.22. The molecule has 1 unspecified atom stereocenters. The Labute approximate surface area is 107 Å². The summed E-state index contributed by atoms with van der Waals surface area (Å²) in [6, 6.07) is 5.55. The molecule has 1 aromatic carbocycles. The fourth-order valence-corrected chi connectivity index (χ4v) is 2.22. The number of fused-ring (bicyclic) bond motifs is 1. The van der Waals surface area contributed by atoms with Gasteiger partial charge in [-0.05, 0) is 38.0 Å². The van der Waals surface area contributed by atoms with E-state index in [0.717, 1.165) is 11.3 Å². The van der Waals surface area contributed by atoms with E-state index in [0.29, 0.717) is 12.2 Å². The van der Waals surface area contributed by atoms with E-state index in [1.807, 2.05) is 32.9 Å². The number of amides is 1. The average molecular weight is 249 g/mol. The molecular weight excluding hydrogens is 230 g/mol. The molecule has 1 aromatic rings. The smallest absolute Gasteiger partial charge is 0.268 e. The highest BCUT2D eigenvalue weighted by atomic mass is 16.5. The molecule has 0 aliphatic carbocycles. The van der Waals surface area contributed by atoms with Gasteiger partial charge in [0.05, 0.1) is 12.3 Å². The highest BCUT2D eigenvalue weighted by Gasteiger charge is 2.34. The number of carbonyl (C=O) groups is 1. The molecule has 98 valence electrons. The molecule has 0 saturated carbocycles. The van der Waals surface area contributed by atoms with Crippen molar-refractivity contribution in [1.29, 1.82) is 0 Å². The van der Waals surface area contributed by atoms with Gasteiger partial charge in [-0.2, -0.15) is 0 Å². The molecule has 0 fully saturated rings. The molecule has 4 nitrogen and oxygen atoms in total. The maximum Gasteiger partial charge on any atom is 0.268 e. The molecule has 0 bridgehead atoms. The second-order valence-corrected chi connectivity index (χ2v) is 4.78. The lowest BCUT2D eigenvalue weighted by Gasteiger charge is -2.36. The van der Waals surface area contributed by atoms with Gasteiger partial charge in [-0.15, -0.1) is 0 Å². The van der Waals surface area contributed by atoms with E-state index >= 15 is 0 Å². The van der Waals surface area contributed by atoms with Crippen LogP contribution in [0.25, 0.3) is 0 Å². The van der Waals surface area contributed by atoms with Crippen molar-refractivity contribution in [1.82, 2.24) is 0 Å². The summed E-state index contributed by atoms with van der Waals surface area (Å²) >= 11 is 0. The monoisotopic (exact) mass is 249 g/mol. The van der Waals surface area contributed by atoms with Crippen molar-refractivity contribution in [3.63, 3.8) is 0 Å². The Morgan fingerprint density at radius 2 is 2.17 bits per heavy atom. The minimum Gasteiger partial charge on any atom is -0.478 e. The van der Waals surface area contributed by atoms with Gasteiger partial charge in [0.25, 0.3) is 5.91 Å². The first kappa shape index (κ1) is 12.9. The summed E-state index contributed by atoms with van der Waals surface area (Å²) in [6.45, 7) is 5.88. The number of ether oxygens (including phenoxy) is 1. The number of anilines is 1. The predicted molar refractivity (Wildman–Crippen MR) is 69.7 cm³/mol. The van der Waals surface area contributed by atoms with Crippen LogP contribution in [-0.4, -0.2) is 23.2 Å². The number of aliphatic hydroxyl groups excluding tert-OH is 1. The minimum absolute atomic E-state index is 0.0109. The van der Waals surface area contributed by atoms with E-state index < -0.39 is 6.10 Å². The van der Waals surface area contributed by atoms with Crippen LogP contribution in [0.5, 0.6) is 5.75 Å². The molecule has 1 aliphatic heterocycles. The zero-order chi connectivity index (χ0) is 13.3. The van der Waals surface area contributed by atoms with E-state index in [9.17, 15) is 4.79 Å². The van der Waals surface area contributed by atoms with Crippen molar-refractivity contribution in [3.8, 4) is 5.75 Å². The second kappa shape index (κ2) is 4.98. The van der Waals surface area contributed by atoms with Crippen molar-refractivity contribution in [2.45, 2.75) is 45.9 Å². The summed E-state index contributed by atoms with van der Waals surface area (Å²) in [5.41, 5.74) is 1.58. The number of hydrogen-bond donors (Lipinski definition) is 1. The summed E-state index contributed by atoms with van der Waals surface area (Å²) in [5.74, 6) is 0.693. The van der Waals surface area contributed by atoms with Crippen LogP contribution in [0, 0.1) is 0 Å². The molecule has 0 saturated heterocycles. The zero-order valence-corrected chi connectivity index (χ0v) is 11.0. The lowest BCUT2D eigenvalue weighted by atomic mass is 10.1.